The van der Waals surface area contributed by atoms with Gasteiger partial charge in [0.2, 0.25) is 5.95 Å². The van der Waals surface area contributed by atoms with Crippen LogP contribution in [0.2, 0.25) is 0 Å². The van der Waals surface area contributed by atoms with Crippen LogP contribution in [0.15, 0.2) is 42.5 Å². The largest absolute Gasteiger partial charge is 0.497 e. The molecule has 0 amide bonds. The quantitative estimate of drug-likeness (QED) is 0.638. The molecule has 30 heavy (non-hydrogen) atoms. The van der Waals surface area contributed by atoms with E-state index in [9.17, 15) is 5.26 Å². The standard InChI is InChI=1S/C23H23N5O2/c1-25-22-19-10-9-18(14-5-4-6-17(11-14)29-2)21(19)27-23(28-22)26-16-8-7-15(13-24)20(12-16)30-3/h4-8,11-12,18H,9-10H2,1-3H3,(H2,25,26,27,28). The fourth-order valence-corrected chi connectivity index (χ4v) is 3.90. The maximum atomic E-state index is 9.19. The second kappa shape index (κ2) is 8.29. The van der Waals surface area contributed by atoms with Gasteiger partial charge in [0, 0.05) is 30.3 Å². The van der Waals surface area contributed by atoms with Crippen LogP contribution in [0, 0.1) is 11.3 Å². The van der Waals surface area contributed by atoms with Gasteiger partial charge in [-0.1, -0.05) is 12.1 Å². The molecule has 1 unspecified atom stereocenters. The number of nitriles is 1. The van der Waals surface area contributed by atoms with E-state index in [0.29, 0.717) is 17.3 Å². The van der Waals surface area contributed by atoms with Gasteiger partial charge in [0.15, 0.2) is 0 Å². The molecule has 1 aliphatic carbocycles. The van der Waals surface area contributed by atoms with Crippen LogP contribution < -0.4 is 20.1 Å². The van der Waals surface area contributed by atoms with Gasteiger partial charge in [-0.05, 0) is 42.7 Å². The minimum absolute atomic E-state index is 0.182. The Morgan fingerprint density at radius 3 is 2.70 bits per heavy atom. The highest BCUT2D eigenvalue weighted by Gasteiger charge is 2.29. The summed E-state index contributed by atoms with van der Waals surface area (Å²) in [5.74, 6) is 2.85. The van der Waals surface area contributed by atoms with Crippen LogP contribution in [-0.2, 0) is 6.42 Å². The number of aromatic nitrogens is 2. The van der Waals surface area contributed by atoms with E-state index < -0.39 is 0 Å². The molecule has 1 aromatic heterocycles. The van der Waals surface area contributed by atoms with Gasteiger partial charge in [-0.15, -0.1) is 0 Å². The Labute approximate surface area is 175 Å². The Morgan fingerprint density at radius 2 is 1.97 bits per heavy atom. The van der Waals surface area contributed by atoms with Crippen molar-refractivity contribution in [3.63, 3.8) is 0 Å². The molecule has 152 valence electrons. The van der Waals surface area contributed by atoms with Crippen molar-refractivity contribution in [2.45, 2.75) is 18.8 Å². The molecule has 4 rings (SSSR count). The summed E-state index contributed by atoms with van der Waals surface area (Å²) in [5.41, 5.74) is 4.58. The first-order chi connectivity index (χ1) is 14.7. The van der Waals surface area contributed by atoms with E-state index in [0.717, 1.165) is 41.4 Å². The molecule has 0 saturated carbocycles. The van der Waals surface area contributed by atoms with Gasteiger partial charge in [-0.2, -0.15) is 10.2 Å². The molecule has 3 aromatic rings. The van der Waals surface area contributed by atoms with Crippen LogP contribution in [0.25, 0.3) is 0 Å². The van der Waals surface area contributed by atoms with Gasteiger partial charge in [0.1, 0.15) is 23.4 Å². The first kappa shape index (κ1) is 19.5. The first-order valence-electron chi connectivity index (χ1n) is 9.74. The zero-order valence-electron chi connectivity index (χ0n) is 17.2. The number of ether oxygens (including phenoxy) is 2. The molecule has 0 aliphatic heterocycles. The zero-order valence-corrected chi connectivity index (χ0v) is 17.2. The van der Waals surface area contributed by atoms with E-state index in [-0.39, 0.29) is 5.92 Å². The lowest BCUT2D eigenvalue weighted by Gasteiger charge is -2.16. The molecule has 0 bridgehead atoms. The number of nitrogens with one attached hydrogen (secondary N) is 2. The van der Waals surface area contributed by atoms with Crippen LogP contribution in [0.3, 0.4) is 0 Å². The number of anilines is 3. The van der Waals surface area contributed by atoms with Crippen LogP contribution in [-0.4, -0.2) is 31.2 Å². The minimum Gasteiger partial charge on any atom is -0.497 e. The highest BCUT2D eigenvalue weighted by molar-refractivity contribution is 5.63. The maximum absolute atomic E-state index is 9.19. The fraction of sp³-hybridized carbons (Fsp3) is 0.261. The Hall–Kier alpha value is -3.79. The van der Waals surface area contributed by atoms with Gasteiger partial charge in [0.25, 0.3) is 0 Å². The summed E-state index contributed by atoms with van der Waals surface area (Å²) in [5, 5.41) is 15.6. The average Bonchev–Trinajstić information content (AvgIpc) is 3.22. The van der Waals surface area contributed by atoms with E-state index in [1.807, 2.05) is 25.2 Å². The zero-order chi connectivity index (χ0) is 21.1. The highest BCUT2D eigenvalue weighted by Crippen LogP contribution is 2.41. The summed E-state index contributed by atoms with van der Waals surface area (Å²) in [6.07, 6.45) is 1.89. The Bertz CT molecular complexity index is 1120. The third-order valence-corrected chi connectivity index (χ3v) is 5.36. The van der Waals surface area contributed by atoms with Crippen molar-refractivity contribution >= 4 is 17.5 Å². The molecule has 2 N–H and O–H groups in total. The lowest BCUT2D eigenvalue weighted by Crippen LogP contribution is -2.08. The van der Waals surface area contributed by atoms with Crippen molar-refractivity contribution in [2.75, 3.05) is 31.9 Å². The summed E-state index contributed by atoms with van der Waals surface area (Å²) in [6.45, 7) is 0. The fourth-order valence-electron chi connectivity index (χ4n) is 3.90. The molecule has 2 aromatic carbocycles. The molecule has 0 fully saturated rings. The lowest BCUT2D eigenvalue weighted by atomic mass is 9.96. The molecule has 7 nitrogen and oxygen atoms in total. The van der Waals surface area contributed by atoms with Gasteiger partial charge in [-0.25, -0.2) is 4.98 Å². The SMILES string of the molecule is CNc1nc(Nc2ccc(C#N)c(OC)c2)nc2c1CCC2c1cccc(OC)c1. The summed E-state index contributed by atoms with van der Waals surface area (Å²) < 4.78 is 10.7. The smallest absolute Gasteiger partial charge is 0.229 e. The van der Waals surface area contributed by atoms with E-state index in [1.54, 1.807) is 26.4 Å². The van der Waals surface area contributed by atoms with Crippen molar-refractivity contribution in [2.24, 2.45) is 0 Å². The third-order valence-electron chi connectivity index (χ3n) is 5.36. The van der Waals surface area contributed by atoms with Gasteiger partial charge < -0.3 is 20.1 Å². The predicted molar refractivity (Wildman–Crippen MR) is 116 cm³/mol. The number of rotatable bonds is 6. The molecule has 1 aliphatic rings. The summed E-state index contributed by atoms with van der Waals surface area (Å²) in [6, 6.07) is 15.6. The van der Waals surface area contributed by atoms with Crippen molar-refractivity contribution < 1.29 is 9.47 Å². The second-order valence-electron chi connectivity index (χ2n) is 7.03. The molecular weight excluding hydrogens is 378 g/mol. The van der Waals surface area contributed by atoms with E-state index >= 15 is 0 Å². The Kier molecular flexibility index (Phi) is 5.40. The maximum Gasteiger partial charge on any atom is 0.229 e. The molecule has 0 saturated heterocycles. The lowest BCUT2D eigenvalue weighted by molar-refractivity contribution is 0.413. The van der Waals surface area contributed by atoms with Gasteiger partial charge >= 0.3 is 0 Å². The van der Waals surface area contributed by atoms with Crippen LogP contribution in [0.1, 0.15) is 34.7 Å². The molecular formula is C23H23N5O2. The normalized spacial score (nSPS) is 14.5. The van der Waals surface area contributed by atoms with Gasteiger partial charge in [-0.3, -0.25) is 0 Å². The third kappa shape index (κ3) is 3.60. The number of nitrogens with zero attached hydrogens (tertiary/aromatic N) is 3. The van der Waals surface area contributed by atoms with Crippen molar-refractivity contribution in [1.82, 2.24) is 9.97 Å². The molecule has 1 heterocycles. The monoisotopic (exact) mass is 401 g/mol. The van der Waals surface area contributed by atoms with E-state index in [1.165, 1.54) is 5.56 Å². The van der Waals surface area contributed by atoms with Crippen molar-refractivity contribution in [3.8, 4) is 17.6 Å². The van der Waals surface area contributed by atoms with Crippen molar-refractivity contribution in [3.05, 3.63) is 64.8 Å². The number of hydrogen-bond donors (Lipinski definition) is 2. The highest BCUT2D eigenvalue weighted by atomic mass is 16.5. The molecule has 0 radical (unpaired) electrons. The topological polar surface area (TPSA) is 92.1 Å². The van der Waals surface area contributed by atoms with Crippen LogP contribution in [0.5, 0.6) is 11.5 Å². The number of methoxy groups -OCH3 is 2. The van der Waals surface area contributed by atoms with Crippen molar-refractivity contribution in [1.29, 1.82) is 5.26 Å². The molecule has 7 heteroatoms. The molecule has 1 atom stereocenters. The Balaban J connectivity index is 1.71. The second-order valence-corrected chi connectivity index (χ2v) is 7.03. The molecule has 0 spiro atoms. The predicted octanol–water partition coefficient (Wildman–Crippen LogP) is 4.23. The van der Waals surface area contributed by atoms with Crippen LogP contribution >= 0.6 is 0 Å². The Morgan fingerprint density at radius 1 is 1.10 bits per heavy atom. The summed E-state index contributed by atoms with van der Waals surface area (Å²) in [4.78, 5) is 9.51. The number of benzene rings is 2. The average molecular weight is 401 g/mol. The van der Waals surface area contributed by atoms with E-state index in [4.69, 9.17) is 14.5 Å². The van der Waals surface area contributed by atoms with Crippen LogP contribution in [0.4, 0.5) is 17.5 Å². The summed E-state index contributed by atoms with van der Waals surface area (Å²) >= 11 is 0. The first-order valence-corrected chi connectivity index (χ1v) is 9.74. The van der Waals surface area contributed by atoms with E-state index in [2.05, 4.69) is 33.8 Å². The number of fused-ring (bicyclic) bond motifs is 1. The van der Waals surface area contributed by atoms with Gasteiger partial charge in [0.05, 0.1) is 25.5 Å². The number of hydrogen-bond acceptors (Lipinski definition) is 7. The minimum atomic E-state index is 0.182. The summed E-state index contributed by atoms with van der Waals surface area (Å²) in [7, 11) is 5.09.